The van der Waals surface area contributed by atoms with Crippen LogP contribution in [0, 0.1) is 5.92 Å². The summed E-state index contributed by atoms with van der Waals surface area (Å²) in [5.74, 6) is 0.905. The van der Waals surface area contributed by atoms with Gasteiger partial charge in [0, 0.05) is 11.5 Å². The molecule has 2 aliphatic heterocycles. The Balaban J connectivity index is 1.97. The van der Waals surface area contributed by atoms with Gasteiger partial charge in [-0.2, -0.15) is 0 Å². The summed E-state index contributed by atoms with van der Waals surface area (Å²) < 4.78 is 6.10. The van der Waals surface area contributed by atoms with E-state index in [9.17, 15) is 4.79 Å². The first-order valence-electron chi connectivity index (χ1n) is 8.29. The summed E-state index contributed by atoms with van der Waals surface area (Å²) in [6, 6.07) is 8.56. The van der Waals surface area contributed by atoms with Crippen molar-refractivity contribution < 1.29 is 9.53 Å². The second-order valence-electron chi connectivity index (χ2n) is 7.78. The van der Waals surface area contributed by atoms with E-state index in [4.69, 9.17) is 4.74 Å². The highest BCUT2D eigenvalue weighted by atomic mass is 16.5. The van der Waals surface area contributed by atoms with Crippen LogP contribution in [-0.4, -0.2) is 17.0 Å². The number of benzene rings is 1. The molecule has 0 N–H and O–H groups in total. The molecule has 0 aromatic heterocycles. The van der Waals surface area contributed by atoms with Gasteiger partial charge in [0.1, 0.15) is 5.60 Å². The first-order chi connectivity index (χ1) is 10.2. The maximum Gasteiger partial charge on any atom is 0.190 e. The zero-order chi connectivity index (χ0) is 16.1. The molecule has 118 valence electrons. The van der Waals surface area contributed by atoms with E-state index in [1.54, 1.807) is 0 Å². The number of carbonyl (C=O) groups is 1. The predicted octanol–water partition coefficient (Wildman–Crippen LogP) is 4.74. The van der Waals surface area contributed by atoms with Crippen molar-refractivity contribution in [3.05, 3.63) is 41.0 Å². The first-order valence-corrected chi connectivity index (χ1v) is 8.29. The van der Waals surface area contributed by atoms with Crippen LogP contribution < -0.4 is 0 Å². The lowest BCUT2D eigenvalue weighted by Crippen LogP contribution is -2.60. The molecule has 0 radical (unpaired) electrons. The summed E-state index contributed by atoms with van der Waals surface area (Å²) in [7, 11) is 0. The van der Waals surface area contributed by atoms with Gasteiger partial charge in [0.25, 0.3) is 0 Å². The first kappa shape index (κ1) is 15.5. The topological polar surface area (TPSA) is 26.3 Å². The van der Waals surface area contributed by atoms with Gasteiger partial charge in [-0.1, -0.05) is 38.1 Å². The summed E-state index contributed by atoms with van der Waals surface area (Å²) in [5, 5.41) is 0. The molecule has 0 amide bonds. The lowest BCUT2D eigenvalue weighted by atomic mass is 9.65. The third kappa shape index (κ3) is 2.44. The Morgan fingerprint density at radius 2 is 1.82 bits per heavy atom. The minimum absolute atomic E-state index is 0.177. The molecule has 3 aliphatic rings. The van der Waals surface area contributed by atoms with Crippen molar-refractivity contribution in [3.63, 3.8) is 0 Å². The molecular weight excluding hydrogens is 272 g/mol. The van der Waals surface area contributed by atoms with E-state index in [2.05, 4.69) is 58.0 Å². The summed E-state index contributed by atoms with van der Waals surface area (Å²) >= 11 is 0. The minimum Gasteiger partial charge on any atom is -0.361 e. The molecule has 2 heterocycles. The Labute approximate surface area is 133 Å². The van der Waals surface area contributed by atoms with Gasteiger partial charge in [0.15, 0.2) is 5.78 Å². The molecule has 1 aromatic rings. The molecule has 4 rings (SSSR count). The molecule has 2 atom stereocenters. The highest BCUT2D eigenvalue weighted by Crippen LogP contribution is 2.50. The number of hydrogen-bond donors (Lipinski definition) is 0. The van der Waals surface area contributed by atoms with Crippen molar-refractivity contribution >= 4 is 11.9 Å². The van der Waals surface area contributed by atoms with Crippen LogP contribution in [-0.2, 0) is 9.53 Å². The third-order valence-electron chi connectivity index (χ3n) is 5.28. The maximum atomic E-state index is 12.8. The number of fused-ring (bicyclic) bond motifs is 3. The average molecular weight is 298 g/mol. The highest BCUT2D eigenvalue weighted by molar-refractivity contribution is 6.07. The second-order valence-corrected chi connectivity index (χ2v) is 7.78. The molecule has 0 spiro atoms. The number of ether oxygens (including phenoxy) is 1. The van der Waals surface area contributed by atoms with E-state index in [1.165, 1.54) is 5.56 Å². The number of rotatable bonds is 2. The van der Waals surface area contributed by atoms with Crippen molar-refractivity contribution in [3.8, 4) is 0 Å². The van der Waals surface area contributed by atoms with Crippen molar-refractivity contribution in [2.45, 2.75) is 64.6 Å². The molecule has 1 aromatic carbocycles. The van der Waals surface area contributed by atoms with Crippen LogP contribution in [0.5, 0.6) is 0 Å². The molecule has 1 saturated carbocycles. The summed E-state index contributed by atoms with van der Waals surface area (Å²) in [6.45, 7) is 10.5. The molecule has 2 unspecified atom stereocenters. The molecule has 2 heteroatoms. The summed E-state index contributed by atoms with van der Waals surface area (Å²) in [4.78, 5) is 12.8. The van der Waals surface area contributed by atoms with Crippen LogP contribution in [0.4, 0.5) is 0 Å². The SMILES string of the molecule is CC(C)c1ccc(/C=C2\C(=O)C3(C)CCC2C(C)(C)O3)cc1. The Hall–Kier alpha value is -1.41. The Morgan fingerprint density at radius 3 is 2.36 bits per heavy atom. The van der Waals surface area contributed by atoms with Crippen LogP contribution in [0.15, 0.2) is 29.8 Å². The minimum atomic E-state index is -0.637. The largest absolute Gasteiger partial charge is 0.361 e. The van der Waals surface area contributed by atoms with E-state index >= 15 is 0 Å². The Kier molecular flexibility index (Phi) is 3.56. The van der Waals surface area contributed by atoms with Crippen molar-refractivity contribution in [1.82, 2.24) is 0 Å². The van der Waals surface area contributed by atoms with Gasteiger partial charge in [-0.05, 0) is 56.7 Å². The van der Waals surface area contributed by atoms with E-state index < -0.39 is 5.60 Å². The van der Waals surface area contributed by atoms with Crippen LogP contribution in [0.1, 0.15) is 64.5 Å². The standard InChI is InChI=1S/C20H26O2/c1-13(2)15-8-6-14(7-9-15)12-16-17-10-11-20(5,18(16)21)22-19(17,3)4/h6-9,12-13,17H,10-11H2,1-5H3/b16-12-. The monoisotopic (exact) mass is 298 g/mol. The van der Waals surface area contributed by atoms with Gasteiger partial charge >= 0.3 is 0 Å². The fourth-order valence-electron chi connectivity index (χ4n) is 3.95. The molecule has 22 heavy (non-hydrogen) atoms. The Bertz CT molecular complexity index is 622. The zero-order valence-corrected chi connectivity index (χ0v) is 14.3. The molecule has 1 aliphatic carbocycles. The van der Waals surface area contributed by atoms with Gasteiger partial charge < -0.3 is 4.74 Å². The second kappa shape index (κ2) is 5.06. The van der Waals surface area contributed by atoms with E-state index in [0.717, 1.165) is 24.0 Å². The van der Waals surface area contributed by atoms with Gasteiger partial charge in [-0.3, -0.25) is 4.79 Å². The lowest BCUT2D eigenvalue weighted by Gasteiger charge is -2.53. The smallest absolute Gasteiger partial charge is 0.190 e. The van der Waals surface area contributed by atoms with Crippen molar-refractivity contribution in [2.24, 2.45) is 5.92 Å². The molecular formula is C20H26O2. The van der Waals surface area contributed by atoms with Gasteiger partial charge in [0.2, 0.25) is 0 Å². The van der Waals surface area contributed by atoms with Crippen LogP contribution in [0.25, 0.3) is 6.08 Å². The Morgan fingerprint density at radius 1 is 1.18 bits per heavy atom. The van der Waals surface area contributed by atoms with E-state index in [0.29, 0.717) is 5.92 Å². The van der Waals surface area contributed by atoms with E-state index in [-0.39, 0.29) is 17.3 Å². The number of carbonyl (C=O) groups excluding carboxylic acids is 1. The predicted molar refractivity (Wildman–Crippen MR) is 89.8 cm³/mol. The van der Waals surface area contributed by atoms with Crippen LogP contribution in [0.3, 0.4) is 0 Å². The fourth-order valence-corrected chi connectivity index (χ4v) is 3.95. The van der Waals surface area contributed by atoms with Gasteiger partial charge in [-0.25, -0.2) is 0 Å². The molecule has 3 fully saturated rings. The van der Waals surface area contributed by atoms with Crippen molar-refractivity contribution in [1.29, 1.82) is 0 Å². The number of Topliss-reactive ketones (excluding diaryl/α,β-unsaturated/α-hetero) is 1. The molecule has 2 saturated heterocycles. The normalized spacial score (nSPS) is 32.0. The average Bonchev–Trinajstić information content (AvgIpc) is 2.43. The maximum absolute atomic E-state index is 12.8. The summed E-state index contributed by atoms with van der Waals surface area (Å²) in [6.07, 6.45) is 3.95. The molecule has 2 bridgehead atoms. The number of ketones is 1. The quantitative estimate of drug-likeness (QED) is 0.737. The fraction of sp³-hybridized carbons (Fsp3) is 0.550. The molecule has 2 nitrogen and oxygen atoms in total. The number of hydrogen-bond acceptors (Lipinski definition) is 2. The third-order valence-corrected chi connectivity index (χ3v) is 5.28. The summed E-state index contributed by atoms with van der Waals surface area (Å²) in [5.41, 5.74) is 2.49. The lowest BCUT2D eigenvalue weighted by molar-refractivity contribution is -0.206. The highest BCUT2D eigenvalue weighted by Gasteiger charge is 2.56. The van der Waals surface area contributed by atoms with E-state index in [1.807, 2.05) is 6.92 Å². The van der Waals surface area contributed by atoms with Crippen molar-refractivity contribution in [2.75, 3.05) is 0 Å². The van der Waals surface area contributed by atoms with Gasteiger partial charge in [0.05, 0.1) is 5.60 Å². The van der Waals surface area contributed by atoms with Crippen LogP contribution in [0.2, 0.25) is 0 Å². The van der Waals surface area contributed by atoms with Gasteiger partial charge in [-0.15, -0.1) is 0 Å². The van der Waals surface area contributed by atoms with Crippen LogP contribution >= 0.6 is 0 Å². The zero-order valence-electron chi connectivity index (χ0n) is 14.3.